The maximum Gasteiger partial charge on any atom is 0.139 e. The third-order valence-electron chi connectivity index (χ3n) is 0.820. The van der Waals surface area contributed by atoms with Crippen LogP contribution in [0.15, 0.2) is 24.2 Å². The van der Waals surface area contributed by atoms with Crippen LogP contribution in [0.2, 0.25) is 0 Å². The molecule has 8 heavy (non-hydrogen) atoms. The van der Waals surface area contributed by atoms with Crippen molar-refractivity contribution in [2.75, 3.05) is 6.54 Å². The highest BCUT2D eigenvalue weighted by Crippen LogP contribution is 2.10. The standard InChI is InChI=1S/C5H5BrFN/c6-8-3-1-2-5(7)4-8/h1-2,4H,3H2. The van der Waals surface area contributed by atoms with Gasteiger partial charge in [-0.1, -0.05) is 6.08 Å². The molecular weight excluding hydrogens is 173 g/mol. The summed E-state index contributed by atoms with van der Waals surface area (Å²) in [6.07, 6.45) is 4.57. The van der Waals surface area contributed by atoms with Crippen molar-refractivity contribution in [1.82, 2.24) is 3.93 Å². The Kier molecular flexibility index (Phi) is 1.68. The lowest BCUT2D eigenvalue weighted by molar-refractivity contribution is 0.602. The third kappa shape index (κ3) is 1.33. The number of rotatable bonds is 0. The van der Waals surface area contributed by atoms with Gasteiger partial charge >= 0.3 is 0 Å². The number of halogens is 2. The van der Waals surface area contributed by atoms with E-state index in [1.807, 2.05) is 0 Å². The topological polar surface area (TPSA) is 3.24 Å². The van der Waals surface area contributed by atoms with Gasteiger partial charge in [0, 0.05) is 28.9 Å². The molecule has 1 aliphatic heterocycles. The summed E-state index contributed by atoms with van der Waals surface area (Å²) in [4.78, 5) is 0. The van der Waals surface area contributed by atoms with Gasteiger partial charge in [0.05, 0.1) is 0 Å². The molecule has 0 spiro atoms. The summed E-state index contributed by atoms with van der Waals surface area (Å²) in [6.45, 7) is 0.730. The van der Waals surface area contributed by atoms with Gasteiger partial charge < -0.3 is 3.93 Å². The fraction of sp³-hybridized carbons (Fsp3) is 0.200. The molecular formula is C5H5BrFN. The number of allylic oxidation sites excluding steroid dienone is 2. The monoisotopic (exact) mass is 177 g/mol. The van der Waals surface area contributed by atoms with Gasteiger partial charge in [-0.05, 0) is 6.08 Å². The van der Waals surface area contributed by atoms with Crippen molar-refractivity contribution in [2.24, 2.45) is 0 Å². The number of nitrogens with zero attached hydrogens (tertiary/aromatic N) is 1. The first-order chi connectivity index (χ1) is 3.79. The zero-order chi connectivity index (χ0) is 5.98. The van der Waals surface area contributed by atoms with Crippen LogP contribution in [-0.4, -0.2) is 10.5 Å². The Balaban J connectivity index is 2.63. The number of hydrogen-bond donors (Lipinski definition) is 0. The van der Waals surface area contributed by atoms with Gasteiger partial charge in [-0.2, -0.15) is 0 Å². The maximum atomic E-state index is 12.1. The average molecular weight is 178 g/mol. The van der Waals surface area contributed by atoms with Crippen LogP contribution >= 0.6 is 16.1 Å². The molecule has 0 aromatic rings. The summed E-state index contributed by atoms with van der Waals surface area (Å²) >= 11 is 3.09. The Bertz CT molecular complexity index is 141. The van der Waals surface area contributed by atoms with E-state index in [9.17, 15) is 4.39 Å². The van der Waals surface area contributed by atoms with Gasteiger partial charge in [0.2, 0.25) is 0 Å². The van der Waals surface area contributed by atoms with Crippen molar-refractivity contribution in [3.63, 3.8) is 0 Å². The van der Waals surface area contributed by atoms with Crippen LogP contribution in [0.4, 0.5) is 4.39 Å². The van der Waals surface area contributed by atoms with E-state index in [1.54, 1.807) is 10.0 Å². The molecule has 1 rings (SSSR count). The Morgan fingerprint density at radius 2 is 2.50 bits per heavy atom. The number of hydrogen-bond acceptors (Lipinski definition) is 1. The van der Waals surface area contributed by atoms with Gasteiger partial charge in [0.15, 0.2) is 0 Å². The highest BCUT2D eigenvalue weighted by Gasteiger charge is 1.98. The Morgan fingerprint density at radius 3 is 2.88 bits per heavy atom. The first-order valence-corrected chi connectivity index (χ1v) is 2.96. The van der Waals surface area contributed by atoms with Crippen molar-refractivity contribution in [2.45, 2.75) is 0 Å². The van der Waals surface area contributed by atoms with E-state index in [0.29, 0.717) is 0 Å². The molecule has 0 fully saturated rings. The zero-order valence-corrected chi connectivity index (χ0v) is 5.73. The second-order valence-electron chi connectivity index (χ2n) is 1.50. The minimum Gasteiger partial charge on any atom is -0.309 e. The maximum absolute atomic E-state index is 12.1. The van der Waals surface area contributed by atoms with Crippen LogP contribution < -0.4 is 0 Å². The summed E-state index contributed by atoms with van der Waals surface area (Å²) in [5.41, 5.74) is 0. The van der Waals surface area contributed by atoms with Crippen molar-refractivity contribution >= 4 is 16.1 Å². The summed E-state index contributed by atoms with van der Waals surface area (Å²) in [6, 6.07) is 0. The SMILES string of the molecule is FC1=CN(Br)CC=C1. The molecule has 0 atom stereocenters. The van der Waals surface area contributed by atoms with Crippen molar-refractivity contribution in [1.29, 1.82) is 0 Å². The summed E-state index contributed by atoms with van der Waals surface area (Å²) in [5.74, 6) is -0.215. The largest absolute Gasteiger partial charge is 0.309 e. The van der Waals surface area contributed by atoms with Crippen LogP contribution in [-0.2, 0) is 0 Å². The highest BCUT2D eigenvalue weighted by molar-refractivity contribution is 9.07. The predicted molar refractivity (Wildman–Crippen MR) is 34.0 cm³/mol. The molecule has 0 aliphatic carbocycles. The second-order valence-corrected chi connectivity index (χ2v) is 2.41. The zero-order valence-electron chi connectivity index (χ0n) is 4.14. The van der Waals surface area contributed by atoms with Gasteiger partial charge in [-0.3, -0.25) is 0 Å². The first-order valence-electron chi connectivity index (χ1n) is 2.25. The van der Waals surface area contributed by atoms with Gasteiger partial charge in [-0.15, -0.1) is 0 Å². The van der Waals surface area contributed by atoms with E-state index in [-0.39, 0.29) is 5.83 Å². The lowest BCUT2D eigenvalue weighted by Gasteiger charge is -2.10. The molecule has 0 aromatic heterocycles. The summed E-state index contributed by atoms with van der Waals surface area (Å²) < 4.78 is 13.7. The van der Waals surface area contributed by atoms with E-state index >= 15 is 0 Å². The van der Waals surface area contributed by atoms with Crippen LogP contribution in [0.5, 0.6) is 0 Å². The predicted octanol–water partition coefficient (Wildman–Crippen LogP) is 1.98. The van der Waals surface area contributed by atoms with E-state index in [4.69, 9.17) is 0 Å². The second kappa shape index (κ2) is 2.31. The molecule has 44 valence electrons. The first kappa shape index (κ1) is 5.82. The molecule has 0 unspecified atom stereocenters. The van der Waals surface area contributed by atoms with Crippen LogP contribution in [0, 0.1) is 0 Å². The lowest BCUT2D eigenvalue weighted by atomic mass is 10.4. The molecule has 1 heterocycles. The molecule has 0 radical (unpaired) electrons. The van der Waals surface area contributed by atoms with Crippen LogP contribution in [0.3, 0.4) is 0 Å². The molecule has 0 saturated heterocycles. The molecule has 0 bridgehead atoms. The fourth-order valence-electron chi connectivity index (χ4n) is 0.496. The van der Waals surface area contributed by atoms with Gasteiger partial charge in [0.25, 0.3) is 0 Å². The lowest BCUT2D eigenvalue weighted by Crippen LogP contribution is -2.05. The molecule has 0 N–H and O–H groups in total. The quantitative estimate of drug-likeness (QED) is 0.512. The third-order valence-corrected chi connectivity index (χ3v) is 1.31. The molecule has 0 saturated carbocycles. The van der Waals surface area contributed by atoms with Gasteiger partial charge in [-0.25, -0.2) is 4.39 Å². The van der Waals surface area contributed by atoms with Crippen LogP contribution in [0.25, 0.3) is 0 Å². The molecule has 0 aromatic carbocycles. The smallest absolute Gasteiger partial charge is 0.139 e. The normalized spacial score (nSPS) is 18.8. The minimum atomic E-state index is -0.215. The Morgan fingerprint density at radius 1 is 1.75 bits per heavy atom. The van der Waals surface area contributed by atoms with Crippen molar-refractivity contribution in [3.05, 3.63) is 24.2 Å². The minimum absolute atomic E-state index is 0.215. The van der Waals surface area contributed by atoms with E-state index in [1.165, 1.54) is 12.3 Å². The molecule has 0 amide bonds. The van der Waals surface area contributed by atoms with E-state index < -0.39 is 0 Å². The van der Waals surface area contributed by atoms with E-state index in [2.05, 4.69) is 16.1 Å². The molecule has 1 aliphatic rings. The molecule has 3 heteroatoms. The summed E-state index contributed by atoms with van der Waals surface area (Å²) in [7, 11) is 0. The van der Waals surface area contributed by atoms with Crippen LogP contribution in [0.1, 0.15) is 0 Å². The van der Waals surface area contributed by atoms with Crippen molar-refractivity contribution in [3.8, 4) is 0 Å². The van der Waals surface area contributed by atoms with Gasteiger partial charge in [0.1, 0.15) is 5.83 Å². The fourth-order valence-corrected chi connectivity index (χ4v) is 0.858. The molecule has 1 nitrogen and oxygen atoms in total. The Hall–Kier alpha value is -0.310. The summed E-state index contributed by atoms with van der Waals surface area (Å²) in [5, 5.41) is 0. The Labute approximate surface area is 55.8 Å². The average Bonchev–Trinajstić information content (AvgIpc) is 1.64. The van der Waals surface area contributed by atoms with E-state index in [0.717, 1.165) is 6.54 Å². The highest BCUT2D eigenvalue weighted by atomic mass is 79.9. The van der Waals surface area contributed by atoms with Crippen molar-refractivity contribution < 1.29 is 4.39 Å².